The predicted molar refractivity (Wildman–Crippen MR) is 169 cm³/mol. The molecule has 1 aliphatic rings. The van der Waals surface area contributed by atoms with Crippen molar-refractivity contribution in [3.05, 3.63) is 60.0 Å². The van der Waals surface area contributed by atoms with Gasteiger partial charge in [-0.15, -0.1) is 11.3 Å². The molecule has 3 heterocycles. The van der Waals surface area contributed by atoms with E-state index in [2.05, 4.69) is 51.4 Å². The average Bonchev–Trinajstić information content (AvgIpc) is 3.49. The van der Waals surface area contributed by atoms with E-state index in [0.717, 1.165) is 81.5 Å². The lowest BCUT2D eigenvalue weighted by molar-refractivity contribution is 0.0240. The molecule has 224 valence electrons. The van der Waals surface area contributed by atoms with Gasteiger partial charge in [-0.05, 0) is 74.0 Å². The molecule has 0 saturated carbocycles. The van der Waals surface area contributed by atoms with Crippen molar-refractivity contribution in [3.8, 4) is 11.6 Å². The van der Waals surface area contributed by atoms with Crippen molar-refractivity contribution in [2.24, 2.45) is 0 Å². The van der Waals surface area contributed by atoms with Crippen molar-refractivity contribution in [3.63, 3.8) is 0 Å². The summed E-state index contributed by atoms with van der Waals surface area (Å²) in [6.45, 7) is 8.30. The number of rotatable bonds is 15. The van der Waals surface area contributed by atoms with Crippen LogP contribution in [0.25, 0.3) is 21.0 Å². The Morgan fingerprint density at radius 2 is 1.86 bits per heavy atom. The van der Waals surface area contributed by atoms with Gasteiger partial charge in [0.25, 0.3) is 0 Å². The van der Waals surface area contributed by atoms with Crippen LogP contribution in [0.15, 0.2) is 60.0 Å². The van der Waals surface area contributed by atoms with Crippen LogP contribution in [0.3, 0.4) is 0 Å². The Labute approximate surface area is 251 Å². The summed E-state index contributed by atoms with van der Waals surface area (Å²) < 4.78 is 18.2. The molecule has 0 aliphatic carbocycles. The Hall–Kier alpha value is -3.56. The summed E-state index contributed by atoms with van der Waals surface area (Å²) in [6, 6.07) is 18.5. The van der Waals surface area contributed by atoms with E-state index in [1.54, 1.807) is 6.07 Å². The molecule has 2 aromatic carbocycles. The minimum atomic E-state index is -1.28. The monoisotopic (exact) mass is 591 g/mol. The fourth-order valence-electron chi connectivity index (χ4n) is 5.46. The second-order valence-corrected chi connectivity index (χ2v) is 11.8. The number of piperazine rings is 1. The number of ether oxygens (including phenoxy) is 3. The normalized spacial score (nSPS) is 14.7. The molecular weight excluding hydrogens is 550 g/mol. The van der Waals surface area contributed by atoms with Gasteiger partial charge in [0.05, 0.1) is 12.1 Å². The number of aromatic nitrogens is 1. The standard InChI is InChI=1S/C33H41N3O5S/c1-2-3-4-8-27(41-33(37)38)24-40-32-14-12-25-11-13-26(23-29(25)34-32)39-21-6-5-16-35-17-19-36(20-18-35)30-9-7-10-31-28(30)15-22-42-31/h7,9-15,22-23,27H,2-6,8,16-21,24H2,1H3,(H,37,38). The van der Waals surface area contributed by atoms with Crippen LogP contribution < -0.4 is 14.4 Å². The van der Waals surface area contributed by atoms with E-state index in [9.17, 15) is 4.79 Å². The molecule has 8 nitrogen and oxygen atoms in total. The molecule has 42 heavy (non-hydrogen) atoms. The van der Waals surface area contributed by atoms with E-state index in [1.165, 1.54) is 15.8 Å². The summed E-state index contributed by atoms with van der Waals surface area (Å²) in [4.78, 5) is 20.7. The van der Waals surface area contributed by atoms with Gasteiger partial charge in [0.1, 0.15) is 18.5 Å². The molecule has 1 fully saturated rings. The van der Waals surface area contributed by atoms with Crippen molar-refractivity contribution in [1.29, 1.82) is 0 Å². The second-order valence-electron chi connectivity index (χ2n) is 10.8. The zero-order chi connectivity index (χ0) is 29.1. The number of fused-ring (bicyclic) bond motifs is 2. The molecular formula is C33H41N3O5S. The van der Waals surface area contributed by atoms with Crippen LogP contribution in [-0.2, 0) is 4.74 Å². The van der Waals surface area contributed by atoms with Crippen molar-refractivity contribution < 1.29 is 24.1 Å². The lowest BCUT2D eigenvalue weighted by Gasteiger charge is -2.36. The maximum Gasteiger partial charge on any atom is 0.506 e. The number of pyridine rings is 1. The number of benzene rings is 2. The zero-order valence-electron chi connectivity index (χ0n) is 24.4. The smallest absolute Gasteiger partial charge is 0.494 e. The number of hydrogen-bond donors (Lipinski definition) is 1. The van der Waals surface area contributed by atoms with E-state index in [1.807, 2.05) is 35.6 Å². The summed E-state index contributed by atoms with van der Waals surface area (Å²) in [6.07, 6.45) is 3.92. The third kappa shape index (κ3) is 8.26. The Morgan fingerprint density at radius 3 is 2.69 bits per heavy atom. The van der Waals surface area contributed by atoms with Crippen molar-refractivity contribution in [1.82, 2.24) is 9.88 Å². The van der Waals surface area contributed by atoms with Gasteiger partial charge >= 0.3 is 6.16 Å². The first-order valence-corrected chi connectivity index (χ1v) is 16.0. The quantitative estimate of drug-likeness (QED) is 0.113. The molecule has 1 unspecified atom stereocenters. The summed E-state index contributed by atoms with van der Waals surface area (Å²) in [5.74, 6) is 1.23. The van der Waals surface area contributed by atoms with Crippen molar-refractivity contribution in [2.45, 2.75) is 51.6 Å². The molecule has 2 aromatic heterocycles. The fraction of sp³-hybridized carbons (Fsp3) is 0.455. The number of carboxylic acid groups (broad SMARTS) is 1. The molecule has 4 aromatic rings. The third-order valence-electron chi connectivity index (χ3n) is 7.78. The van der Waals surface area contributed by atoms with E-state index in [4.69, 9.17) is 19.3 Å². The van der Waals surface area contributed by atoms with Crippen LogP contribution in [0, 0.1) is 0 Å². The topological polar surface area (TPSA) is 84.4 Å². The first-order valence-electron chi connectivity index (χ1n) is 15.1. The average molecular weight is 592 g/mol. The highest BCUT2D eigenvalue weighted by Gasteiger charge is 2.19. The van der Waals surface area contributed by atoms with Gasteiger partial charge in [-0.3, -0.25) is 4.90 Å². The number of anilines is 1. The van der Waals surface area contributed by atoms with Gasteiger partial charge in [-0.1, -0.05) is 25.8 Å². The van der Waals surface area contributed by atoms with Crippen LogP contribution in [0.1, 0.15) is 45.4 Å². The minimum Gasteiger partial charge on any atom is -0.494 e. The highest BCUT2D eigenvalue weighted by molar-refractivity contribution is 7.17. The molecule has 0 bridgehead atoms. The Balaban J connectivity index is 1.04. The highest BCUT2D eigenvalue weighted by Crippen LogP contribution is 2.31. The summed E-state index contributed by atoms with van der Waals surface area (Å²) in [5.41, 5.74) is 2.15. The minimum absolute atomic E-state index is 0.143. The number of nitrogens with zero attached hydrogens (tertiary/aromatic N) is 3. The zero-order valence-corrected chi connectivity index (χ0v) is 25.2. The van der Waals surface area contributed by atoms with Crippen LogP contribution in [0.4, 0.5) is 10.5 Å². The summed E-state index contributed by atoms with van der Waals surface area (Å²) in [5, 5.41) is 13.6. The molecule has 9 heteroatoms. The van der Waals surface area contributed by atoms with Gasteiger partial charge in [0.15, 0.2) is 0 Å². The van der Waals surface area contributed by atoms with Gasteiger partial charge in [0, 0.05) is 59.5 Å². The third-order valence-corrected chi connectivity index (χ3v) is 8.66. The largest absolute Gasteiger partial charge is 0.506 e. The van der Waals surface area contributed by atoms with E-state index >= 15 is 0 Å². The SMILES string of the molecule is CCCCCC(COc1ccc2ccc(OCCCCN3CCN(c4cccc5sccc45)CC3)cc2n1)OC(=O)O. The lowest BCUT2D eigenvalue weighted by atomic mass is 10.1. The first kappa shape index (κ1) is 29.9. The highest BCUT2D eigenvalue weighted by atomic mass is 32.1. The van der Waals surface area contributed by atoms with Gasteiger partial charge in [-0.2, -0.15) is 0 Å². The van der Waals surface area contributed by atoms with E-state index < -0.39 is 12.3 Å². The second kappa shape index (κ2) is 15.1. The molecule has 0 amide bonds. The van der Waals surface area contributed by atoms with Gasteiger partial charge < -0.3 is 24.2 Å². The summed E-state index contributed by atoms with van der Waals surface area (Å²) >= 11 is 1.81. The first-order chi connectivity index (χ1) is 20.6. The number of carbonyl (C=O) groups is 1. The maximum absolute atomic E-state index is 11.1. The van der Waals surface area contributed by atoms with Crippen LogP contribution in [-0.4, -0.2) is 73.2 Å². The molecule has 0 radical (unpaired) electrons. The Morgan fingerprint density at radius 1 is 1.00 bits per heavy atom. The fourth-order valence-corrected chi connectivity index (χ4v) is 6.27. The Bertz CT molecular complexity index is 1440. The number of thiophene rings is 1. The van der Waals surface area contributed by atoms with Gasteiger partial charge in [0.2, 0.25) is 5.88 Å². The molecule has 1 atom stereocenters. The van der Waals surface area contributed by atoms with Crippen LogP contribution >= 0.6 is 11.3 Å². The predicted octanol–water partition coefficient (Wildman–Crippen LogP) is 7.45. The molecule has 1 N–H and O–H groups in total. The maximum atomic E-state index is 11.1. The van der Waals surface area contributed by atoms with Crippen LogP contribution in [0.2, 0.25) is 0 Å². The van der Waals surface area contributed by atoms with Gasteiger partial charge in [-0.25, -0.2) is 9.78 Å². The van der Waals surface area contributed by atoms with Crippen molar-refractivity contribution >= 4 is 44.2 Å². The molecule has 1 aliphatic heterocycles. The summed E-state index contributed by atoms with van der Waals surface area (Å²) in [7, 11) is 0. The number of unbranched alkanes of at least 4 members (excludes halogenated alkanes) is 3. The molecule has 1 saturated heterocycles. The molecule has 5 rings (SSSR count). The number of hydrogen-bond acceptors (Lipinski definition) is 8. The molecule has 0 spiro atoms. The van der Waals surface area contributed by atoms with E-state index in [-0.39, 0.29) is 6.61 Å². The van der Waals surface area contributed by atoms with Crippen molar-refractivity contribution in [2.75, 3.05) is 50.8 Å². The lowest BCUT2D eigenvalue weighted by Crippen LogP contribution is -2.46. The Kier molecular flexibility index (Phi) is 10.7. The van der Waals surface area contributed by atoms with Crippen LogP contribution in [0.5, 0.6) is 11.6 Å². The van der Waals surface area contributed by atoms with E-state index in [0.29, 0.717) is 18.9 Å².